The van der Waals surface area contributed by atoms with E-state index in [0.717, 1.165) is 68.4 Å². The van der Waals surface area contributed by atoms with Gasteiger partial charge in [0.1, 0.15) is 0 Å². The van der Waals surface area contributed by atoms with Crippen LogP contribution >= 0.6 is 0 Å². The summed E-state index contributed by atoms with van der Waals surface area (Å²) in [6.45, 7) is 3.24. The zero-order chi connectivity index (χ0) is 39.6. The Bertz CT molecular complexity index is 2890. The summed E-state index contributed by atoms with van der Waals surface area (Å²) in [6.07, 6.45) is -1.95. The normalized spacial score (nSPS) is 12.2. The minimum absolute atomic E-state index is 0.394. The van der Waals surface area contributed by atoms with Crippen molar-refractivity contribution < 1.29 is 26.3 Å². The maximum absolute atomic E-state index is 13.9. The Hall–Kier alpha value is -6.81. The number of fused-ring (bicyclic) bond motifs is 4. The molecule has 4 nitrogen and oxygen atoms in total. The van der Waals surface area contributed by atoms with Crippen LogP contribution in [-0.2, 0) is 12.4 Å². The van der Waals surface area contributed by atoms with Crippen molar-refractivity contribution in [1.29, 1.82) is 0 Å². The summed E-state index contributed by atoms with van der Waals surface area (Å²) in [5, 5.41) is 3.43. The molecule has 9 rings (SSSR count). The van der Waals surface area contributed by atoms with Gasteiger partial charge in [-0.1, -0.05) is 54.6 Å². The van der Waals surface area contributed by atoms with Gasteiger partial charge in [0.05, 0.1) is 27.8 Å². The van der Waals surface area contributed by atoms with Gasteiger partial charge in [0.15, 0.2) is 5.82 Å². The maximum atomic E-state index is 13.9. The minimum atomic E-state index is -4.53. The van der Waals surface area contributed by atoms with Crippen LogP contribution in [0.5, 0.6) is 0 Å². The Labute approximate surface area is 322 Å². The molecule has 3 heterocycles. The molecule has 0 atom stereocenters. The fraction of sp³-hybridized carbons (Fsp3) is 0.0851. The highest BCUT2D eigenvalue weighted by Crippen LogP contribution is 2.41. The zero-order valence-electron chi connectivity index (χ0n) is 30.4. The number of nitrogens with zero attached hydrogens (tertiary/aromatic N) is 4. The monoisotopic (exact) mass is 764 g/mol. The minimum Gasteiger partial charge on any atom is -0.309 e. The van der Waals surface area contributed by atoms with E-state index < -0.39 is 23.5 Å². The number of hydrogen-bond acceptors (Lipinski definition) is 3. The quantitative estimate of drug-likeness (QED) is 0.164. The van der Waals surface area contributed by atoms with Crippen LogP contribution in [0.3, 0.4) is 0 Å². The Morgan fingerprint density at radius 2 is 1.04 bits per heavy atom. The van der Waals surface area contributed by atoms with Crippen molar-refractivity contribution in [3.8, 4) is 50.5 Å². The predicted octanol–water partition coefficient (Wildman–Crippen LogP) is 13.4. The molecular weight excluding hydrogens is 735 g/mol. The number of para-hydroxylation sites is 1. The van der Waals surface area contributed by atoms with E-state index in [4.69, 9.17) is 9.97 Å². The molecule has 0 aliphatic rings. The Morgan fingerprint density at radius 3 is 1.61 bits per heavy atom. The van der Waals surface area contributed by atoms with Gasteiger partial charge >= 0.3 is 12.4 Å². The number of pyridine rings is 1. The highest BCUT2D eigenvalue weighted by Gasteiger charge is 2.32. The number of aryl methyl sites for hydroxylation is 2. The van der Waals surface area contributed by atoms with Gasteiger partial charge < -0.3 is 4.57 Å². The summed E-state index contributed by atoms with van der Waals surface area (Å²) in [5.41, 5.74) is 6.03. The van der Waals surface area contributed by atoms with Gasteiger partial charge in [-0.3, -0.25) is 4.98 Å². The fourth-order valence-corrected chi connectivity index (χ4v) is 7.70. The van der Waals surface area contributed by atoms with Crippen LogP contribution in [0.4, 0.5) is 26.3 Å². The molecule has 0 saturated carbocycles. The van der Waals surface area contributed by atoms with Crippen molar-refractivity contribution in [2.24, 2.45) is 0 Å². The summed E-state index contributed by atoms with van der Waals surface area (Å²) in [5.74, 6) is 0.467. The predicted molar refractivity (Wildman–Crippen MR) is 213 cm³/mol. The summed E-state index contributed by atoms with van der Waals surface area (Å²) >= 11 is 0. The summed E-state index contributed by atoms with van der Waals surface area (Å²) in [6, 6.07) is 34.5. The first kappa shape index (κ1) is 35.9. The lowest BCUT2D eigenvalue weighted by Crippen LogP contribution is -2.05. The molecular formula is C47H30F6N4. The SMILES string of the molecule is Cc1cc(-c2ccc3c(c2)c2cc(-c4cc(C)cc(C(F)(F)F)c4)ccc2n3-c2ccccc2-c2ncc(-c3cccc4ccncc34)cn2)cc(C(F)(F)F)c1. The number of alkyl halides is 6. The molecule has 280 valence electrons. The molecule has 0 aliphatic heterocycles. The second-order valence-electron chi connectivity index (χ2n) is 14.2. The molecule has 9 aromatic rings. The van der Waals surface area contributed by atoms with Crippen molar-refractivity contribution in [2.75, 3.05) is 0 Å². The van der Waals surface area contributed by atoms with Crippen LogP contribution in [0.2, 0.25) is 0 Å². The van der Waals surface area contributed by atoms with Gasteiger partial charge in [-0.05, 0) is 125 Å². The van der Waals surface area contributed by atoms with Gasteiger partial charge in [-0.2, -0.15) is 26.3 Å². The molecule has 0 amide bonds. The molecule has 6 aromatic carbocycles. The molecule has 0 spiro atoms. The number of halogens is 6. The van der Waals surface area contributed by atoms with E-state index in [1.54, 1.807) is 56.7 Å². The van der Waals surface area contributed by atoms with E-state index in [1.165, 1.54) is 0 Å². The number of rotatable bonds is 5. The van der Waals surface area contributed by atoms with Gasteiger partial charge in [-0.15, -0.1) is 0 Å². The molecule has 0 aliphatic carbocycles. The Balaban J connectivity index is 1.24. The second kappa shape index (κ2) is 13.4. The molecule has 57 heavy (non-hydrogen) atoms. The largest absolute Gasteiger partial charge is 0.416 e. The van der Waals surface area contributed by atoms with Crippen LogP contribution in [-0.4, -0.2) is 19.5 Å². The molecule has 3 aromatic heterocycles. The van der Waals surface area contributed by atoms with E-state index in [-0.39, 0.29) is 0 Å². The first-order valence-corrected chi connectivity index (χ1v) is 18.0. The number of hydrogen-bond donors (Lipinski definition) is 0. The molecule has 0 fully saturated rings. The molecule has 0 saturated heterocycles. The van der Waals surface area contributed by atoms with Gasteiger partial charge in [0, 0.05) is 52.1 Å². The average molecular weight is 765 g/mol. The van der Waals surface area contributed by atoms with Crippen LogP contribution in [0.15, 0.2) is 146 Å². The van der Waals surface area contributed by atoms with E-state index in [9.17, 15) is 26.3 Å². The fourth-order valence-electron chi connectivity index (χ4n) is 7.70. The lowest BCUT2D eigenvalue weighted by Gasteiger charge is -2.14. The van der Waals surface area contributed by atoms with Gasteiger partial charge in [0.25, 0.3) is 0 Å². The van der Waals surface area contributed by atoms with E-state index in [1.807, 2.05) is 83.6 Å². The van der Waals surface area contributed by atoms with E-state index in [0.29, 0.717) is 50.0 Å². The van der Waals surface area contributed by atoms with E-state index >= 15 is 0 Å². The third-order valence-corrected chi connectivity index (χ3v) is 10.3. The molecule has 0 unspecified atom stereocenters. The van der Waals surface area contributed by atoms with Gasteiger partial charge in [0.2, 0.25) is 0 Å². The first-order chi connectivity index (χ1) is 27.3. The summed E-state index contributed by atoms with van der Waals surface area (Å²) < 4.78 is 85.5. The van der Waals surface area contributed by atoms with Crippen LogP contribution in [0, 0.1) is 13.8 Å². The van der Waals surface area contributed by atoms with Crippen molar-refractivity contribution in [3.63, 3.8) is 0 Å². The van der Waals surface area contributed by atoms with E-state index in [2.05, 4.69) is 4.98 Å². The standard InChI is InChI=1S/C47H30F6N4/c1-27-16-32(20-35(18-27)46(48,49)50)30-10-12-43-39(22-30)40-23-31(33-17-28(2)19-36(21-33)47(51,52)53)11-13-44(40)57(43)42-9-4-3-7-38(42)45-55-24-34(25-56-45)37-8-5-6-29-14-15-54-26-41(29)37/h3-26H,1-2H3. The Kier molecular flexibility index (Phi) is 8.46. The highest BCUT2D eigenvalue weighted by atomic mass is 19.4. The van der Waals surface area contributed by atoms with Gasteiger partial charge in [-0.25, -0.2) is 9.97 Å². The average Bonchev–Trinajstić information content (AvgIpc) is 3.52. The van der Waals surface area contributed by atoms with Crippen molar-refractivity contribution in [2.45, 2.75) is 26.2 Å². The third-order valence-electron chi connectivity index (χ3n) is 10.3. The lowest BCUT2D eigenvalue weighted by atomic mass is 9.96. The number of benzene rings is 6. The summed E-state index contributed by atoms with van der Waals surface area (Å²) in [7, 11) is 0. The van der Waals surface area contributed by atoms with Crippen molar-refractivity contribution in [3.05, 3.63) is 168 Å². The number of aromatic nitrogens is 4. The summed E-state index contributed by atoms with van der Waals surface area (Å²) in [4.78, 5) is 13.9. The van der Waals surface area contributed by atoms with Crippen LogP contribution < -0.4 is 0 Å². The molecule has 0 N–H and O–H groups in total. The topological polar surface area (TPSA) is 43.6 Å². The van der Waals surface area contributed by atoms with Crippen molar-refractivity contribution in [1.82, 2.24) is 19.5 Å². The molecule has 0 bridgehead atoms. The Morgan fingerprint density at radius 1 is 0.474 bits per heavy atom. The van der Waals surface area contributed by atoms with Crippen molar-refractivity contribution >= 4 is 32.6 Å². The smallest absolute Gasteiger partial charge is 0.309 e. The lowest BCUT2D eigenvalue weighted by molar-refractivity contribution is -0.138. The zero-order valence-corrected chi connectivity index (χ0v) is 30.4. The maximum Gasteiger partial charge on any atom is 0.416 e. The highest BCUT2D eigenvalue weighted by molar-refractivity contribution is 6.12. The van der Waals surface area contributed by atoms with Crippen LogP contribution in [0.1, 0.15) is 22.3 Å². The van der Waals surface area contributed by atoms with Crippen LogP contribution in [0.25, 0.3) is 83.0 Å². The second-order valence-corrected chi connectivity index (χ2v) is 14.2. The molecule has 0 radical (unpaired) electrons. The molecule has 10 heteroatoms. The third kappa shape index (κ3) is 6.56. The first-order valence-electron chi connectivity index (χ1n) is 18.0.